The number of benzene rings is 2. The van der Waals surface area contributed by atoms with Crippen LogP contribution in [0.1, 0.15) is 27.2 Å². The first-order valence-electron chi connectivity index (χ1n) is 9.26. The van der Waals surface area contributed by atoms with E-state index in [2.05, 4.69) is 15.6 Å². The smallest absolute Gasteiger partial charge is 0.416 e. The zero-order chi connectivity index (χ0) is 23.6. The maximum Gasteiger partial charge on any atom is 0.416 e. The van der Waals surface area contributed by atoms with Crippen LogP contribution in [0, 0.1) is 25.5 Å². The Morgan fingerprint density at radius 3 is 2.28 bits per heavy atom. The molecule has 3 rings (SSSR count). The second-order valence-corrected chi connectivity index (χ2v) is 6.88. The summed E-state index contributed by atoms with van der Waals surface area (Å²) in [6.45, 7) is 2.95. The molecule has 0 aliphatic carbocycles. The van der Waals surface area contributed by atoms with Crippen molar-refractivity contribution in [3.63, 3.8) is 0 Å². The van der Waals surface area contributed by atoms with Crippen molar-refractivity contribution < 1.29 is 31.5 Å². The van der Waals surface area contributed by atoms with Gasteiger partial charge in [-0.05, 0) is 44.2 Å². The molecule has 0 unspecified atom stereocenters. The van der Waals surface area contributed by atoms with Crippen LogP contribution < -0.4 is 15.4 Å². The summed E-state index contributed by atoms with van der Waals surface area (Å²) in [6.07, 6.45) is -4.70. The number of alkyl halides is 3. The number of hydrogen-bond donors (Lipinski definition) is 2. The maximum atomic E-state index is 13.9. The van der Waals surface area contributed by atoms with Crippen LogP contribution in [0.5, 0.6) is 5.88 Å². The Balaban J connectivity index is 2.03. The summed E-state index contributed by atoms with van der Waals surface area (Å²) in [4.78, 5) is 17.0. The van der Waals surface area contributed by atoms with Crippen LogP contribution in [-0.2, 0) is 6.18 Å². The van der Waals surface area contributed by atoms with E-state index in [0.29, 0.717) is 23.7 Å². The Bertz CT molecular complexity index is 1180. The van der Waals surface area contributed by atoms with E-state index in [1.165, 1.54) is 26.2 Å². The van der Waals surface area contributed by atoms with Gasteiger partial charge in [0, 0.05) is 23.4 Å². The zero-order valence-electron chi connectivity index (χ0n) is 17.2. The van der Waals surface area contributed by atoms with Crippen molar-refractivity contribution in [2.45, 2.75) is 20.0 Å². The monoisotopic (exact) mass is 451 g/mol. The minimum atomic E-state index is -4.70. The van der Waals surface area contributed by atoms with Gasteiger partial charge in [0.05, 0.1) is 35.3 Å². The number of methoxy groups -OCH3 is 1. The second-order valence-electron chi connectivity index (χ2n) is 6.88. The van der Waals surface area contributed by atoms with E-state index in [0.717, 1.165) is 18.2 Å². The molecule has 2 aromatic carbocycles. The summed E-state index contributed by atoms with van der Waals surface area (Å²) < 4.78 is 72.3. The largest absolute Gasteiger partial charge is 0.481 e. The molecular formula is C22H18F5N3O2. The summed E-state index contributed by atoms with van der Waals surface area (Å²) in [6, 6.07) is 7.09. The third-order valence-corrected chi connectivity index (χ3v) is 4.69. The van der Waals surface area contributed by atoms with Gasteiger partial charge >= 0.3 is 6.18 Å². The third-order valence-electron chi connectivity index (χ3n) is 4.69. The van der Waals surface area contributed by atoms with Crippen molar-refractivity contribution in [3.05, 3.63) is 76.5 Å². The van der Waals surface area contributed by atoms with E-state index in [1.54, 1.807) is 6.92 Å². The summed E-state index contributed by atoms with van der Waals surface area (Å²) >= 11 is 0. The van der Waals surface area contributed by atoms with Crippen LogP contribution in [0.4, 0.5) is 39.0 Å². The number of nitrogens with one attached hydrogen (secondary N) is 2. The molecule has 0 aliphatic rings. The lowest BCUT2D eigenvalue weighted by atomic mass is 10.1. The van der Waals surface area contributed by atoms with Crippen LogP contribution in [0.3, 0.4) is 0 Å². The molecule has 1 aromatic heterocycles. The first-order chi connectivity index (χ1) is 15.0. The quantitative estimate of drug-likeness (QED) is 0.467. The van der Waals surface area contributed by atoms with E-state index in [-0.39, 0.29) is 28.2 Å². The number of rotatable bonds is 5. The Morgan fingerprint density at radius 1 is 0.969 bits per heavy atom. The predicted octanol–water partition coefficient (Wildman–Crippen LogP) is 6.00. The number of hydrogen-bond acceptors (Lipinski definition) is 4. The van der Waals surface area contributed by atoms with Gasteiger partial charge in [-0.15, -0.1) is 0 Å². The van der Waals surface area contributed by atoms with E-state index < -0.39 is 29.3 Å². The van der Waals surface area contributed by atoms with Crippen molar-refractivity contribution in [3.8, 4) is 5.88 Å². The molecule has 3 aromatic rings. The lowest BCUT2D eigenvalue weighted by Crippen LogP contribution is -2.17. The number of carbonyl (C=O) groups is 1. The van der Waals surface area contributed by atoms with Crippen LogP contribution in [0.2, 0.25) is 0 Å². The molecule has 0 spiro atoms. The Labute approximate surface area is 180 Å². The molecule has 0 radical (unpaired) electrons. The second kappa shape index (κ2) is 8.81. The zero-order valence-corrected chi connectivity index (χ0v) is 17.2. The van der Waals surface area contributed by atoms with Crippen molar-refractivity contribution in [2.24, 2.45) is 0 Å². The average molecular weight is 451 g/mol. The van der Waals surface area contributed by atoms with Gasteiger partial charge in [-0.2, -0.15) is 13.2 Å². The molecule has 168 valence electrons. The maximum absolute atomic E-state index is 13.9. The number of amides is 1. The van der Waals surface area contributed by atoms with Gasteiger partial charge in [0.15, 0.2) is 0 Å². The van der Waals surface area contributed by atoms with Crippen molar-refractivity contribution >= 4 is 23.0 Å². The number of anilines is 3. The molecule has 0 atom stereocenters. The number of pyridine rings is 1. The van der Waals surface area contributed by atoms with Crippen LogP contribution in [0.25, 0.3) is 0 Å². The Morgan fingerprint density at radius 2 is 1.66 bits per heavy atom. The standard InChI is InChI=1S/C22H18F5N3O2/c1-11-16(24)9-14(23)10-19(11)29-18-5-4-13(22(25,26)27)8-15(18)21(31)30-17-6-7-20(32-3)28-12(17)2/h4-10,29H,1-3H3,(H,30,31). The Hall–Kier alpha value is -3.69. The lowest BCUT2D eigenvalue weighted by Gasteiger charge is -2.17. The molecule has 0 saturated heterocycles. The van der Waals surface area contributed by atoms with Crippen LogP contribution in [0.15, 0.2) is 42.5 Å². The van der Waals surface area contributed by atoms with Crippen LogP contribution in [-0.4, -0.2) is 18.0 Å². The first kappa shape index (κ1) is 23.0. The molecule has 0 saturated carbocycles. The van der Waals surface area contributed by atoms with Gasteiger partial charge in [-0.3, -0.25) is 4.79 Å². The molecule has 10 heteroatoms. The predicted molar refractivity (Wildman–Crippen MR) is 109 cm³/mol. The topological polar surface area (TPSA) is 63.2 Å². The number of nitrogens with zero attached hydrogens (tertiary/aromatic N) is 1. The van der Waals surface area contributed by atoms with Crippen LogP contribution >= 0.6 is 0 Å². The van der Waals surface area contributed by atoms with E-state index in [1.807, 2.05) is 0 Å². The van der Waals surface area contributed by atoms with Gasteiger partial charge in [0.2, 0.25) is 5.88 Å². The molecule has 0 fully saturated rings. The average Bonchev–Trinajstić information content (AvgIpc) is 2.72. The fourth-order valence-corrected chi connectivity index (χ4v) is 2.91. The first-order valence-corrected chi connectivity index (χ1v) is 9.26. The highest BCUT2D eigenvalue weighted by molar-refractivity contribution is 6.08. The molecule has 5 nitrogen and oxygen atoms in total. The fourth-order valence-electron chi connectivity index (χ4n) is 2.91. The molecular weight excluding hydrogens is 433 g/mol. The third kappa shape index (κ3) is 4.96. The van der Waals surface area contributed by atoms with Gasteiger partial charge in [-0.25, -0.2) is 13.8 Å². The number of aryl methyl sites for hydroxylation is 1. The SMILES string of the molecule is COc1ccc(NC(=O)c2cc(C(F)(F)F)ccc2Nc2cc(F)cc(F)c2C)c(C)n1. The number of ether oxygens (including phenoxy) is 1. The minimum Gasteiger partial charge on any atom is -0.481 e. The van der Waals surface area contributed by atoms with E-state index in [4.69, 9.17) is 4.74 Å². The minimum absolute atomic E-state index is 0.0291. The van der Waals surface area contributed by atoms with Crippen molar-refractivity contribution in [1.82, 2.24) is 4.98 Å². The summed E-state index contributed by atoms with van der Waals surface area (Å²) in [5, 5.41) is 5.16. The lowest BCUT2D eigenvalue weighted by molar-refractivity contribution is -0.137. The number of halogens is 5. The van der Waals surface area contributed by atoms with Gasteiger partial charge in [0.1, 0.15) is 11.6 Å². The van der Waals surface area contributed by atoms with Gasteiger partial charge in [0.25, 0.3) is 5.91 Å². The molecule has 2 N–H and O–H groups in total. The normalized spacial score (nSPS) is 11.2. The van der Waals surface area contributed by atoms with Crippen molar-refractivity contribution in [1.29, 1.82) is 0 Å². The van der Waals surface area contributed by atoms with E-state index >= 15 is 0 Å². The molecule has 0 aliphatic heterocycles. The highest BCUT2D eigenvalue weighted by Gasteiger charge is 2.32. The molecule has 1 amide bonds. The van der Waals surface area contributed by atoms with Crippen molar-refractivity contribution in [2.75, 3.05) is 17.7 Å². The summed E-state index contributed by atoms with van der Waals surface area (Å²) in [7, 11) is 1.41. The van der Waals surface area contributed by atoms with Gasteiger partial charge < -0.3 is 15.4 Å². The van der Waals surface area contributed by atoms with E-state index in [9.17, 15) is 26.7 Å². The fraction of sp³-hybridized carbons (Fsp3) is 0.182. The number of aromatic nitrogens is 1. The van der Waals surface area contributed by atoms with Gasteiger partial charge in [-0.1, -0.05) is 0 Å². The molecule has 1 heterocycles. The Kier molecular flexibility index (Phi) is 6.33. The summed E-state index contributed by atoms with van der Waals surface area (Å²) in [5.74, 6) is -2.30. The highest BCUT2D eigenvalue weighted by atomic mass is 19.4. The highest BCUT2D eigenvalue weighted by Crippen LogP contribution is 2.34. The molecule has 32 heavy (non-hydrogen) atoms. The number of carbonyl (C=O) groups excluding carboxylic acids is 1. The summed E-state index contributed by atoms with van der Waals surface area (Å²) in [5.41, 5.74) is -0.859. The molecule has 0 bridgehead atoms.